The SMILES string of the molecule is Nc1nc(N/N=C/c2ccc[nH]2)nc2c1ncn2[C@@H]1O[C@H](CO)[C@@H](O)[C@H]1O. The monoisotopic (exact) mass is 374 g/mol. The molecular weight excluding hydrogens is 356 g/mol. The molecule has 3 aromatic heterocycles. The van der Waals surface area contributed by atoms with Crippen LogP contribution in [0.25, 0.3) is 11.2 Å². The largest absolute Gasteiger partial charge is 0.394 e. The molecule has 1 fully saturated rings. The van der Waals surface area contributed by atoms with Crippen molar-refractivity contribution in [1.29, 1.82) is 0 Å². The van der Waals surface area contributed by atoms with Gasteiger partial charge < -0.3 is 30.8 Å². The van der Waals surface area contributed by atoms with Crippen molar-refractivity contribution in [3.63, 3.8) is 0 Å². The Bertz CT molecular complexity index is 956. The lowest BCUT2D eigenvalue weighted by molar-refractivity contribution is -0.0511. The van der Waals surface area contributed by atoms with Gasteiger partial charge in [0.05, 0.1) is 24.8 Å². The van der Waals surface area contributed by atoms with Gasteiger partial charge >= 0.3 is 0 Å². The summed E-state index contributed by atoms with van der Waals surface area (Å²) < 4.78 is 6.94. The fraction of sp³-hybridized carbons (Fsp3) is 0.333. The van der Waals surface area contributed by atoms with E-state index >= 15 is 0 Å². The molecular formula is C15H18N8O4. The minimum Gasteiger partial charge on any atom is -0.394 e. The first-order valence-corrected chi connectivity index (χ1v) is 8.13. The van der Waals surface area contributed by atoms with Gasteiger partial charge in [0.2, 0.25) is 5.95 Å². The zero-order valence-electron chi connectivity index (χ0n) is 14.0. The first kappa shape index (κ1) is 17.4. The number of nitrogens with two attached hydrogens (primary N) is 1. The molecule has 12 nitrogen and oxygen atoms in total. The van der Waals surface area contributed by atoms with Crippen molar-refractivity contribution in [2.24, 2.45) is 5.10 Å². The number of anilines is 2. The summed E-state index contributed by atoms with van der Waals surface area (Å²) in [7, 11) is 0. The van der Waals surface area contributed by atoms with Crippen LogP contribution in [0.5, 0.6) is 0 Å². The van der Waals surface area contributed by atoms with Gasteiger partial charge in [0, 0.05) is 6.20 Å². The molecule has 1 aliphatic rings. The Balaban J connectivity index is 1.64. The lowest BCUT2D eigenvalue weighted by atomic mass is 10.1. The number of hydrogen-bond acceptors (Lipinski definition) is 10. The molecule has 0 saturated carbocycles. The second kappa shape index (κ2) is 6.92. The molecule has 1 aliphatic heterocycles. The second-order valence-electron chi connectivity index (χ2n) is 5.98. The normalized spacial score (nSPS) is 25.6. The number of nitrogens with one attached hydrogen (secondary N) is 2. The molecule has 0 amide bonds. The number of imidazole rings is 1. The maximum atomic E-state index is 10.2. The maximum absolute atomic E-state index is 10.2. The van der Waals surface area contributed by atoms with Crippen LogP contribution in [0.4, 0.5) is 11.8 Å². The summed E-state index contributed by atoms with van der Waals surface area (Å²) in [5, 5.41) is 33.5. The van der Waals surface area contributed by atoms with Crippen LogP contribution in [-0.4, -0.2) is 71.0 Å². The number of fused-ring (bicyclic) bond motifs is 1. The summed E-state index contributed by atoms with van der Waals surface area (Å²) in [6.45, 7) is -0.432. The minimum absolute atomic E-state index is 0.114. The highest BCUT2D eigenvalue weighted by atomic mass is 16.6. The molecule has 4 heterocycles. The smallest absolute Gasteiger partial charge is 0.247 e. The van der Waals surface area contributed by atoms with E-state index in [-0.39, 0.29) is 17.4 Å². The maximum Gasteiger partial charge on any atom is 0.247 e. The van der Waals surface area contributed by atoms with Crippen molar-refractivity contribution >= 4 is 29.1 Å². The van der Waals surface area contributed by atoms with E-state index in [2.05, 4.69) is 30.5 Å². The van der Waals surface area contributed by atoms with Crippen molar-refractivity contribution in [3.8, 4) is 0 Å². The van der Waals surface area contributed by atoms with Gasteiger partial charge in [0.1, 0.15) is 23.8 Å². The number of nitrogens with zero attached hydrogens (tertiary/aromatic N) is 5. The number of ether oxygens (including phenoxy) is 1. The van der Waals surface area contributed by atoms with Gasteiger partial charge in [-0.2, -0.15) is 15.1 Å². The summed E-state index contributed by atoms with van der Waals surface area (Å²) in [5.74, 6) is 0.236. The van der Waals surface area contributed by atoms with E-state index in [9.17, 15) is 15.3 Å². The van der Waals surface area contributed by atoms with Crippen LogP contribution < -0.4 is 11.2 Å². The molecule has 7 N–H and O–H groups in total. The summed E-state index contributed by atoms with van der Waals surface area (Å²) in [4.78, 5) is 15.5. The van der Waals surface area contributed by atoms with Gasteiger partial charge in [-0.25, -0.2) is 10.4 Å². The van der Waals surface area contributed by atoms with Gasteiger partial charge in [-0.05, 0) is 12.1 Å². The molecule has 0 aliphatic carbocycles. The molecule has 3 aromatic rings. The van der Waals surface area contributed by atoms with E-state index < -0.39 is 31.1 Å². The van der Waals surface area contributed by atoms with E-state index in [1.807, 2.05) is 12.1 Å². The van der Waals surface area contributed by atoms with Gasteiger partial charge in [0.15, 0.2) is 17.7 Å². The predicted molar refractivity (Wildman–Crippen MR) is 94.8 cm³/mol. The van der Waals surface area contributed by atoms with Crippen LogP contribution in [0.1, 0.15) is 11.9 Å². The number of nitrogen functional groups attached to an aromatic ring is 1. The Morgan fingerprint density at radius 3 is 2.93 bits per heavy atom. The van der Waals surface area contributed by atoms with Crippen LogP contribution in [0.15, 0.2) is 29.8 Å². The van der Waals surface area contributed by atoms with Crippen molar-refractivity contribution < 1.29 is 20.1 Å². The standard InChI is InChI=1S/C15H18N8O4/c16-12-9-13(21-15(20-12)22-19-4-7-2-1-3-17-7)23(6-18-9)14-11(26)10(25)8(5-24)27-14/h1-4,6,8,10-11,14,17,24-26H,5H2,(H3,16,20,21,22)/b19-4+/t8-,10-,11-,14-/m1/s1. The van der Waals surface area contributed by atoms with Gasteiger partial charge in [0.25, 0.3) is 0 Å². The van der Waals surface area contributed by atoms with Crippen molar-refractivity contribution in [2.75, 3.05) is 17.8 Å². The molecule has 4 rings (SSSR count). The predicted octanol–water partition coefficient (Wildman–Crippen LogP) is -1.21. The summed E-state index contributed by atoms with van der Waals surface area (Å²) >= 11 is 0. The summed E-state index contributed by atoms with van der Waals surface area (Å²) in [6.07, 6.45) is 0.297. The zero-order chi connectivity index (χ0) is 19.0. The third-order valence-corrected chi connectivity index (χ3v) is 4.23. The van der Waals surface area contributed by atoms with Crippen LogP contribution in [0.2, 0.25) is 0 Å². The van der Waals surface area contributed by atoms with Crippen LogP contribution in [0.3, 0.4) is 0 Å². The molecule has 1 saturated heterocycles. The molecule has 27 heavy (non-hydrogen) atoms. The average molecular weight is 374 g/mol. The molecule has 0 aromatic carbocycles. The molecule has 0 radical (unpaired) electrons. The Hall–Kier alpha value is -3.06. The molecule has 0 unspecified atom stereocenters. The highest BCUT2D eigenvalue weighted by Crippen LogP contribution is 2.32. The van der Waals surface area contributed by atoms with Crippen LogP contribution in [0, 0.1) is 0 Å². The number of aliphatic hydroxyl groups is 3. The molecule has 0 spiro atoms. The van der Waals surface area contributed by atoms with Crippen LogP contribution >= 0.6 is 0 Å². The molecule has 0 bridgehead atoms. The third kappa shape index (κ3) is 3.10. The average Bonchev–Trinajstić information content (AvgIpc) is 3.37. The third-order valence-electron chi connectivity index (χ3n) is 4.23. The molecule has 142 valence electrons. The van der Waals surface area contributed by atoms with E-state index in [1.165, 1.54) is 10.9 Å². The van der Waals surface area contributed by atoms with E-state index in [1.54, 1.807) is 12.4 Å². The topological polar surface area (TPSA) is 180 Å². The van der Waals surface area contributed by atoms with Crippen molar-refractivity contribution in [2.45, 2.75) is 24.5 Å². The number of H-pyrrole nitrogens is 1. The second-order valence-corrected chi connectivity index (χ2v) is 5.98. The Morgan fingerprint density at radius 1 is 1.37 bits per heavy atom. The fourth-order valence-electron chi connectivity index (χ4n) is 2.87. The highest BCUT2D eigenvalue weighted by molar-refractivity contribution is 5.83. The number of aromatic nitrogens is 5. The molecule has 12 heteroatoms. The zero-order valence-corrected chi connectivity index (χ0v) is 14.0. The summed E-state index contributed by atoms with van der Waals surface area (Å²) in [5.41, 5.74) is 9.99. The minimum atomic E-state index is -1.27. The Morgan fingerprint density at radius 2 is 2.22 bits per heavy atom. The van der Waals surface area contributed by atoms with Gasteiger partial charge in [-0.1, -0.05) is 0 Å². The first-order valence-electron chi connectivity index (χ1n) is 8.13. The lowest BCUT2D eigenvalue weighted by Crippen LogP contribution is -2.33. The van der Waals surface area contributed by atoms with E-state index in [4.69, 9.17) is 10.5 Å². The van der Waals surface area contributed by atoms with E-state index in [0.29, 0.717) is 5.52 Å². The highest BCUT2D eigenvalue weighted by Gasteiger charge is 2.44. The Kier molecular flexibility index (Phi) is 4.45. The number of aliphatic hydroxyl groups excluding tert-OH is 3. The number of hydrogen-bond donors (Lipinski definition) is 6. The summed E-state index contributed by atoms with van der Waals surface area (Å²) in [6, 6.07) is 3.67. The number of hydrazone groups is 1. The van der Waals surface area contributed by atoms with Gasteiger partial charge in [-0.15, -0.1) is 0 Å². The number of rotatable bonds is 5. The molecule has 4 atom stereocenters. The Labute approximate surface area is 152 Å². The van der Waals surface area contributed by atoms with Gasteiger partial charge in [-0.3, -0.25) is 4.57 Å². The van der Waals surface area contributed by atoms with Crippen LogP contribution in [-0.2, 0) is 4.74 Å². The van der Waals surface area contributed by atoms with Crippen molar-refractivity contribution in [1.82, 2.24) is 24.5 Å². The van der Waals surface area contributed by atoms with E-state index in [0.717, 1.165) is 5.69 Å². The number of aromatic amines is 1. The first-order chi connectivity index (χ1) is 13.1. The quantitative estimate of drug-likeness (QED) is 0.236. The lowest BCUT2D eigenvalue weighted by Gasteiger charge is -2.16. The van der Waals surface area contributed by atoms with Crippen molar-refractivity contribution in [3.05, 3.63) is 30.4 Å². The fourth-order valence-corrected chi connectivity index (χ4v) is 2.87.